The Bertz CT molecular complexity index is 291. The SMILES string of the molecule is CCc1cccc(CCC(O)C(C)C)c1. The van der Waals surface area contributed by atoms with E-state index in [4.69, 9.17) is 0 Å². The molecule has 1 unspecified atom stereocenters. The van der Waals surface area contributed by atoms with Crippen LogP contribution in [0.3, 0.4) is 0 Å². The van der Waals surface area contributed by atoms with Crippen molar-refractivity contribution in [2.45, 2.75) is 46.1 Å². The molecule has 1 heteroatoms. The van der Waals surface area contributed by atoms with Crippen molar-refractivity contribution in [2.75, 3.05) is 0 Å². The van der Waals surface area contributed by atoms with Crippen LogP contribution in [0, 0.1) is 5.92 Å². The lowest BCUT2D eigenvalue weighted by atomic mass is 9.98. The normalized spacial score (nSPS) is 13.1. The molecule has 0 fully saturated rings. The zero-order chi connectivity index (χ0) is 11.3. The van der Waals surface area contributed by atoms with Gasteiger partial charge in [-0.15, -0.1) is 0 Å². The highest BCUT2D eigenvalue weighted by Gasteiger charge is 2.08. The number of rotatable bonds is 5. The lowest BCUT2D eigenvalue weighted by Gasteiger charge is -2.14. The van der Waals surface area contributed by atoms with E-state index in [1.807, 2.05) is 0 Å². The third-order valence-corrected chi connectivity index (χ3v) is 2.90. The van der Waals surface area contributed by atoms with E-state index in [0.29, 0.717) is 5.92 Å². The van der Waals surface area contributed by atoms with Gasteiger partial charge in [-0.05, 0) is 36.3 Å². The summed E-state index contributed by atoms with van der Waals surface area (Å²) in [6.07, 6.45) is 2.76. The maximum absolute atomic E-state index is 9.71. The number of hydrogen-bond acceptors (Lipinski definition) is 1. The van der Waals surface area contributed by atoms with Crippen LogP contribution in [0.25, 0.3) is 0 Å². The average molecular weight is 206 g/mol. The summed E-state index contributed by atoms with van der Waals surface area (Å²) in [7, 11) is 0. The van der Waals surface area contributed by atoms with E-state index in [0.717, 1.165) is 19.3 Å². The Morgan fingerprint density at radius 3 is 2.47 bits per heavy atom. The molecule has 0 bridgehead atoms. The minimum Gasteiger partial charge on any atom is -0.393 e. The van der Waals surface area contributed by atoms with Crippen LogP contribution in [0.4, 0.5) is 0 Å². The van der Waals surface area contributed by atoms with E-state index in [9.17, 15) is 5.11 Å². The third kappa shape index (κ3) is 4.05. The highest BCUT2D eigenvalue weighted by molar-refractivity contribution is 5.23. The van der Waals surface area contributed by atoms with Crippen molar-refractivity contribution in [3.63, 3.8) is 0 Å². The molecular weight excluding hydrogens is 184 g/mol. The molecule has 0 aliphatic rings. The van der Waals surface area contributed by atoms with Crippen LogP contribution in [0.2, 0.25) is 0 Å². The summed E-state index contributed by atoms with van der Waals surface area (Å²) in [6, 6.07) is 8.65. The minimum absolute atomic E-state index is 0.171. The lowest BCUT2D eigenvalue weighted by molar-refractivity contribution is 0.116. The predicted molar refractivity (Wildman–Crippen MR) is 65.0 cm³/mol. The molecule has 1 aromatic rings. The first-order chi connectivity index (χ1) is 7.13. The molecule has 0 radical (unpaired) electrons. The van der Waals surface area contributed by atoms with Crippen molar-refractivity contribution in [1.82, 2.24) is 0 Å². The van der Waals surface area contributed by atoms with Gasteiger partial charge >= 0.3 is 0 Å². The molecule has 0 aliphatic carbocycles. The van der Waals surface area contributed by atoms with Gasteiger partial charge in [0, 0.05) is 0 Å². The van der Waals surface area contributed by atoms with Crippen molar-refractivity contribution in [2.24, 2.45) is 5.92 Å². The van der Waals surface area contributed by atoms with E-state index in [1.165, 1.54) is 11.1 Å². The summed E-state index contributed by atoms with van der Waals surface area (Å²) in [5, 5.41) is 9.71. The van der Waals surface area contributed by atoms with Gasteiger partial charge < -0.3 is 5.11 Å². The summed E-state index contributed by atoms with van der Waals surface area (Å²) in [5.41, 5.74) is 2.72. The smallest absolute Gasteiger partial charge is 0.0566 e. The zero-order valence-corrected chi connectivity index (χ0v) is 10.0. The fourth-order valence-corrected chi connectivity index (χ4v) is 1.65. The van der Waals surface area contributed by atoms with E-state index in [-0.39, 0.29) is 6.10 Å². The Kier molecular flexibility index (Phi) is 4.83. The molecule has 1 atom stereocenters. The second-order valence-electron chi connectivity index (χ2n) is 4.52. The quantitative estimate of drug-likeness (QED) is 0.784. The fourth-order valence-electron chi connectivity index (χ4n) is 1.65. The number of aryl methyl sites for hydroxylation is 2. The summed E-state index contributed by atoms with van der Waals surface area (Å²) in [5.74, 6) is 0.361. The van der Waals surface area contributed by atoms with Crippen LogP contribution in [0.1, 0.15) is 38.3 Å². The van der Waals surface area contributed by atoms with Crippen LogP contribution >= 0.6 is 0 Å². The number of aliphatic hydroxyl groups is 1. The first-order valence-electron chi connectivity index (χ1n) is 5.89. The lowest BCUT2D eigenvalue weighted by Crippen LogP contribution is -2.15. The van der Waals surface area contributed by atoms with Gasteiger partial charge in [0.1, 0.15) is 0 Å². The number of aliphatic hydroxyl groups excluding tert-OH is 1. The number of benzene rings is 1. The van der Waals surface area contributed by atoms with Gasteiger partial charge in [0.25, 0.3) is 0 Å². The van der Waals surface area contributed by atoms with Crippen molar-refractivity contribution >= 4 is 0 Å². The minimum atomic E-state index is -0.171. The van der Waals surface area contributed by atoms with Gasteiger partial charge in [0.15, 0.2) is 0 Å². The molecule has 1 N–H and O–H groups in total. The van der Waals surface area contributed by atoms with Gasteiger partial charge in [0.2, 0.25) is 0 Å². The molecule has 1 nitrogen and oxygen atoms in total. The summed E-state index contributed by atoms with van der Waals surface area (Å²) >= 11 is 0. The van der Waals surface area contributed by atoms with Crippen molar-refractivity contribution in [3.05, 3.63) is 35.4 Å². The monoisotopic (exact) mass is 206 g/mol. The first-order valence-corrected chi connectivity index (χ1v) is 5.89. The van der Waals surface area contributed by atoms with Gasteiger partial charge in [-0.25, -0.2) is 0 Å². The highest BCUT2D eigenvalue weighted by Crippen LogP contribution is 2.12. The topological polar surface area (TPSA) is 20.2 Å². The molecule has 1 rings (SSSR count). The van der Waals surface area contributed by atoms with Crippen LogP contribution in [0.15, 0.2) is 24.3 Å². The molecule has 0 spiro atoms. The van der Waals surface area contributed by atoms with Gasteiger partial charge in [0.05, 0.1) is 6.10 Å². The Morgan fingerprint density at radius 2 is 1.87 bits per heavy atom. The maximum atomic E-state index is 9.71. The van der Waals surface area contributed by atoms with Crippen LogP contribution in [0.5, 0.6) is 0 Å². The Morgan fingerprint density at radius 1 is 1.20 bits per heavy atom. The Balaban J connectivity index is 2.50. The van der Waals surface area contributed by atoms with E-state index in [1.54, 1.807) is 0 Å². The van der Waals surface area contributed by atoms with Gasteiger partial charge in [-0.3, -0.25) is 0 Å². The van der Waals surface area contributed by atoms with Gasteiger partial charge in [-0.2, -0.15) is 0 Å². The standard InChI is InChI=1S/C14H22O/c1-4-12-6-5-7-13(10-12)8-9-14(15)11(2)3/h5-7,10-11,14-15H,4,8-9H2,1-3H3. The molecule has 0 saturated heterocycles. The predicted octanol–water partition coefficient (Wildman–Crippen LogP) is 3.20. The summed E-state index contributed by atoms with van der Waals surface area (Å²) < 4.78 is 0. The van der Waals surface area contributed by atoms with Crippen LogP contribution < -0.4 is 0 Å². The molecule has 0 amide bonds. The van der Waals surface area contributed by atoms with Crippen LogP contribution in [-0.2, 0) is 12.8 Å². The third-order valence-electron chi connectivity index (χ3n) is 2.90. The van der Waals surface area contributed by atoms with Crippen LogP contribution in [-0.4, -0.2) is 11.2 Å². The number of hydrogen-bond donors (Lipinski definition) is 1. The second-order valence-corrected chi connectivity index (χ2v) is 4.52. The molecule has 15 heavy (non-hydrogen) atoms. The highest BCUT2D eigenvalue weighted by atomic mass is 16.3. The van der Waals surface area contributed by atoms with Crippen molar-refractivity contribution < 1.29 is 5.11 Å². The second kappa shape index (κ2) is 5.92. The van der Waals surface area contributed by atoms with E-state index in [2.05, 4.69) is 45.0 Å². The first kappa shape index (κ1) is 12.3. The van der Waals surface area contributed by atoms with Crippen molar-refractivity contribution in [1.29, 1.82) is 0 Å². The molecule has 0 heterocycles. The Hall–Kier alpha value is -0.820. The molecule has 0 aliphatic heterocycles. The molecule has 0 saturated carbocycles. The molecule has 1 aromatic carbocycles. The molecule has 0 aromatic heterocycles. The average Bonchev–Trinajstić information content (AvgIpc) is 2.26. The summed E-state index contributed by atoms with van der Waals surface area (Å²) in [6.45, 7) is 6.29. The zero-order valence-electron chi connectivity index (χ0n) is 10.0. The van der Waals surface area contributed by atoms with Gasteiger partial charge in [-0.1, -0.05) is 45.0 Å². The van der Waals surface area contributed by atoms with Crippen molar-refractivity contribution in [3.8, 4) is 0 Å². The van der Waals surface area contributed by atoms with E-state index < -0.39 is 0 Å². The maximum Gasteiger partial charge on any atom is 0.0566 e. The largest absolute Gasteiger partial charge is 0.393 e. The fraction of sp³-hybridized carbons (Fsp3) is 0.571. The Labute approximate surface area is 93.1 Å². The summed E-state index contributed by atoms with van der Waals surface area (Å²) in [4.78, 5) is 0. The van der Waals surface area contributed by atoms with E-state index >= 15 is 0 Å². The molecule has 84 valence electrons. The molecular formula is C14H22O.